The van der Waals surface area contributed by atoms with Crippen LogP contribution in [0.5, 0.6) is 0 Å². The van der Waals surface area contributed by atoms with Gasteiger partial charge in [-0.3, -0.25) is 0 Å². The molecule has 2 fully saturated rings. The molecule has 2 aliphatic rings. The molecule has 2 heterocycles. The molecule has 2 saturated heterocycles. The molecule has 0 aromatic rings. The van der Waals surface area contributed by atoms with Gasteiger partial charge >= 0.3 is 0 Å². The Morgan fingerprint density at radius 1 is 1.11 bits per heavy atom. The Bertz CT molecular complexity index is 310. The summed E-state index contributed by atoms with van der Waals surface area (Å²) in [5.41, 5.74) is 0.0766. The van der Waals surface area contributed by atoms with E-state index in [2.05, 4.69) is 27.0 Å². The Labute approximate surface area is 110 Å². The van der Waals surface area contributed by atoms with Crippen molar-refractivity contribution < 1.29 is 14.2 Å². The summed E-state index contributed by atoms with van der Waals surface area (Å²) >= 11 is 0. The fraction of sp³-hybridized carbons (Fsp3) is 0.733. The van der Waals surface area contributed by atoms with Crippen molar-refractivity contribution in [1.29, 1.82) is 0 Å². The second-order valence-electron chi connectivity index (χ2n) is 6.22. The van der Waals surface area contributed by atoms with Crippen LogP contribution in [0.1, 0.15) is 39.5 Å². The van der Waals surface area contributed by atoms with Crippen molar-refractivity contribution >= 4 is 0 Å². The molecule has 0 radical (unpaired) electrons. The molecule has 0 spiro atoms. The summed E-state index contributed by atoms with van der Waals surface area (Å²) in [6.45, 7) is 12.4. The molecule has 2 rings (SSSR count). The molecule has 0 aromatic carbocycles. The Morgan fingerprint density at radius 2 is 1.72 bits per heavy atom. The van der Waals surface area contributed by atoms with Crippen molar-refractivity contribution in [2.75, 3.05) is 6.61 Å². The molecule has 3 heteroatoms. The summed E-state index contributed by atoms with van der Waals surface area (Å²) in [6, 6.07) is 0. The van der Waals surface area contributed by atoms with Crippen LogP contribution in [-0.4, -0.2) is 24.4 Å². The maximum Gasteiger partial charge on any atom is 0.110 e. The van der Waals surface area contributed by atoms with Crippen LogP contribution in [0.15, 0.2) is 25.7 Å². The minimum absolute atomic E-state index is 0.115. The molecule has 0 saturated carbocycles. The van der Waals surface area contributed by atoms with Gasteiger partial charge in [-0.1, -0.05) is 20.1 Å². The van der Waals surface area contributed by atoms with E-state index in [9.17, 15) is 0 Å². The molecular formula is C15H24O3. The average molecular weight is 252 g/mol. The normalized spacial score (nSPS) is 43.0. The third kappa shape index (κ3) is 2.89. The molecule has 102 valence electrons. The highest BCUT2D eigenvalue weighted by Crippen LogP contribution is 2.46. The lowest BCUT2D eigenvalue weighted by Crippen LogP contribution is -2.51. The maximum atomic E-state index is 6.04. The van der Waals surface area contributed by atoms with E-state index in [0.717, 1.165) is 32.3 Å². The summed E-state index contributed by atoms with van der Waals surface area (Å²) in [6.07, 6.45) is 7.52. The summed E-state index contributed by atoms with van der Waals surface area (Å²) < 4.78 is 17.1. The van der Waals surface area contributed by atoms with E-state index < -0.39 is 0 Å². The predicted octanol–water partition coefficient (Wildman–Crippen LogP) is 3.41. The fourth-order valence-corrected chi connectivity index (χ4v) is 3.51. The van der Waals surface area contributed by atoms with Crippen molar-refractivity contribution in [1.82, 2.24) is 0 Å². The van der Waals surface area contributed by atoms with Gasteiger partial charge in [-0.05, 0) is 19.8 Å². The third-order valence-electron chi connectivity index (χ3n) is 4.06. The number of fused-ring (bicyclic) bond motifs is 2. The van der Waals surface area contributed by atoms with Crippen molar-refractivity contribution in [3.63, 3.8) is 0 Å². The molecule has 18 heavy (non-hydrogen) atoms. The van der Waals surface area contributed by atoms with E-state index in [1.54, 1.807) is 6.26 Å². The summed E-state index contributed by atoms with van der Waals surface area (Å²) in [5, 5.41) is 0. The van der Waals surface area contributed by atoms with E-state index in [4.69, 9.17) is 14.2 Å². The van der Waals surface area contributed by atoms with E-state index in [0.29, 0.717) is 0 Å². The van der Waals surface area contributed by atoms with Crippen LogP contribution in [0.3, 0.4) is 0 Å². The quantitative estimate of drug-likeness (QED) is 0.702. The average Bonchev–Trinajstić information content (AvgIpc) is 2.24. The Kier molecular flexibility index (Phi) is 3.71. The fourth-order valence-electron chi connectivity index (χ4n) is 3.51. The zero-order valence-electron chi connectivity index (χ0n) is 11.5. The van der Waals surface area contributed by atoms with Crippen molar-refractivity contribution in [3.8, 4) is 0 Å². The first-order valence-corrected chi connectivity index (χ1v) is 6.65. The molecule has 2 unspecified atom stereocenters. The zero-order chi connectivity index (χ0) is 13.2. The molecule has 2 aliphatic heterocycles. The van der Waals surface area contributed by atoms with E-state index >= 15 is 0 Å². The van der Waals surface area contributed by atoms with Gasteiger partial charge in [0.05, 0.1) is 31.3 Å². The van der Waals surface area contributed by atoms with Crippen molar-refractivity contribution in [2.24, 2.45) is 5.41 Å². The van der Waals surface area contributed by atoms with E-state index in [1.807, 2.05) is 0 Å². The summed E-state index contributed by atoms with van der Waals surface area (Å²) in [4.78, 5) is 0. The van der Waals surface area contributed by atoms with Gasteiger partial charge in [0.2, 0.25) is 0 Å². The zero-order valence-corrected chi connectivity index (χ0v) is 11.5. The van der Waals surface area contributed by atoms with Crippen LogP contribution in [-0.2, 0) is 14.2 Å². The van der Waals surface area contributed by atoms with Gasteiger partial charge < -0.3 is 14.2 Å². The lowest BCUT2D eigenvalue weighted by atomic mass is 9.70. The van der Waals surface area contributed by atoms with Gasteiger partial charge in [-0.2, -0.15) is 0 Å². The van der Waals surface area contributed by atoms with Gasteiger partial charge in [0.25, 0.3) is 0 Å². The van der Waals surface area contributed by atoms with Crippen LogP contribution in [0.2, 0.25) is 0 Å². The van der Waals surface area contributed by atoms with Crippen LogP contribution >= 0.6 is 0 Å². The highest BCUT2D eigenvalue weighted by Gasteiger charge is 2.47. The smallest absolute Gasteiger partial charge is 0.110 e. The Balaban J connectivity index is 2.02. The first-order chi connectivity index (χ1) is 8.49. The molecular weight excluding hydrogens is 228 g/mol. The van der Waals surface area contributed by atoms with E-state index in [1.165, 1.54) is 6.26 Å². The molecule has 0 aliphatic carbocycles. The molecule has 0 aromatic heterocycles. The first kappa shape index (κ1) is 13.5. The lowest BCUT2D eigenvalue weighted by Gasteiger charge is -2.50. The van der Waals surface area contributed by atoms with Crippen molar-refractivity contribution in [3.05, 3.63) is 25.7 Å². The Hall–Kier alpha value is -0.960. The molecule has 2 atom stereocenters. The second-order valence-corrected chi connectivity index (χ2v) is 6.22. The molecule has 2 bridgehead atoms. The highest BCUT2D eigenvalue weighted by atomic mass is 16.5. The molecule has 3 nitrogen and oxygen atoms in total. The minimum atomic E-state index is -0.115. The first-order valence-electron chi connectivity index (χ1n) is 6.65. The SMILES string of the molecule is C=COCC1(C)CC2CC(C)(OC=C)CC(C1)O2. The van der Waals surface area contributed by atoms with Crippen LogP contribution in [0.4, 0.5) is 0 Å². The standard InChI is InChI=1S/C15H24O3/c1-5-16-11-14(3)7-12-9-15(4,17-6-2)10-13(8-14)18-12/h5-6,12-13H,1-2,7-11H2,3-4H3. The molecule has 0 N–H and O–H groups in total. The van der Waals surface area contributed by atoms with Crippen molar-refractivity contribution in [2.45, 2.75) is 57.3 Å². The predicted molar refractivity (Wildman–Crippen MR) is 71.1 cm³/mol. The van der Waals surface area contributed by atoms with Gasteiger partial charge in [0, 0.05) is 18.3 Å². The largest absolute Gasteiger partial charge is 0.501 e. The summed E-state index contributed by atoms with van der Waals surface area (Å²) in [5.74, 6) is 0. The highest BCUT2D eigenvalue weighted by molar-refractivity contribution is 4.98. The lowest BCUT2D eigenvalue weighted by molar-refractivity contribution is -0.191. The molecule has 0 amide bonds. The van der Waals surface area contributed by atoms with Crippen LogP contribution in [0.25, 0.3) is 0 Å². The third-order valence-corrected chi connectivity index (χ3v) is 4.06. The van der Waals surface area contributed by atoms with Gasteiger partial charge in [-0.15, -0.1) is 0 Å². The Morgan fingerprint density at radius 3 is 2.22 bits per heavy atom. The summed E-state index contributed by atoms with van der Waals surface area (Å²) in [7, 11) is 0. The number of rotatable bonds is 5. The monoisotopic (exact) mass is 252 g/mol. The number of hydrogen-bond donors (Lipinski definition) is 0. The van der Waals surface area contributed by atoms with Gasteiger partial charge in [0.15, 0.2) is 0 Å². The maximum absolute atomic E-state index is 6.04. The van der Waals surface area contributed by atoms with Crippen LogP contribution in [0, 0.1) is 5.41 Å². The van der Waals surface area contributed by atoms with Gasteiger partial charge in [-0.25, -0.2) is 0 Å². The van der Waals surface area contributed by atoms with E-state index in [-0.39, 0.29) is 23.2 Å². The second kappa shape index (κ2) is 4.96. The minimum Gasteiger partial charge on any atom is -0.501 e. The van der Waals surface area contributed by atoms with Crippen LogP contribution < -0.4 is 0 Å². The van der Waals surface area contributed by atoms with Gasteiger partial charge in [0.1, 0.15) is 5.60 Å². The number of ether oxygens (including phenoxy) is 3. The topological polar surface area (TPSA) is 27.7 Å². The number of hydrogen-bond acceptors (Lipinski definition) is 3.